The van der Waals surface area contributed by atoms with Gasteiger partial charge in [0.1, 0.15) is 0 Å². The SMILES string of the molecule is CCCNC(CCc1c(C)cc(C)cc1C)C(C)C. The summed E-state index contributed by atoms with van der Waals surface area (Å²) in [6.45, 7) is 14.7. The van der Waals surface area contributed by atoms with Crippen LogP contribution in [0.4, 0.5) is 0 Å². The summed E-state index contributed by atoms with van der Waals surface area (Å²) in [4.78, 5) is 0. The molecule has 1 heteroatoms. The monoisotopic (exact) mass is 261 g/mol. The molecule has 1 atom stereocenters. The average molecular weight is 261 g/mol. The lowest BCUT2D eigenvalue weighted by molar-refractivity contribution is 0.378. The van der Waals surface area contributed by atoms with Crippen molar-refractivity contribution in [3.8, 4) is 0 Å². The van der Waals surface area contributed by atoms with Gasteiger partial charge in [-0.1, -0.05) is 38.5 Å². The Labute approximate surface area is 119 Å². The van der Waals surface area contributed by atoms with Crippen LogP contribution in [-0.2, 0) is 6.42 Å². The molecule has 1 N–H and O–H groups in total. The molecule has 0 heterocycles. The highest BCUT2D eigenvalue weighted by Crippen LogP contribution is 2.20. The zero-order valence-electron chi connectivity index (χ0n) is 13.6. The van der Waals surface area contributed by atoms with Crippen LogP contribution in [0.5, 0.6) is 0 Å². The molecule has 0 aromatic heterocycles. The fraction of sp³-hybridized carbons (Fsp3) is 0.667. The maximum atomic E-state index is 3.69. The van der Waals surface area contributed by atoms with Crippen LogP contribution < -0.4 is 5.32 Å². The fourth-order valence-electron chi connectivity index (χ4n) is 2.90. The number of aryl methyl sites for hydroxylation is 3. The van der Waals surface area contributed by atoms with E-state index in [9.17, 15) is 0 Å². The minimum absolute atomic E-state index is 0.639. The molecule has 0 aliphatic carbocycles. The normalized spacial score (nSPS) is 13.0. The van der Waals surface area contributed by atoms with Crippen molar-refractivity contribution in [2.45, 2.75) is 66.8 Å². The smallest absolute Gasteiger partial charge is 0.00932 e. The fourth-order valence-corrected chi connectivity index (χ4v) is 2.90. The highest BCUT2D eigenvalue weighted by Gasteiger charge is 2.13. The number of hydrogen-bond donors (Lipinski definition) is 1. The van der Waals surface area contributed by atoms with Crippen molar-refractivity contribution in [2.75, 3.05) is 6.54 Å². The molecular formula is C18H31N. The summed E-state index contributed by atoms with van der Waals surface area (Å²) in [5.74, 6) is 0.706. The first kappa shape index (κ1) is 16.2. The van der Waals surface area contributed by atoms with Crippen LogP contribution in [0.2, 0.25) is 0 Å². The predicted molar refractivity (Wildman–Crippen MR) is 85.9 cm³/mol. The first-order chi connectivity index (χ1) is 8.95. The van der Waals surface area contributed by atoms with Gasteiger partial charge < -0.3 is 5.32 Å². The van der Waals surface area contributed by atoms with E-state index < -0.39 is 0 Å². The summed E-state index contributed by atoms with van der Waals surface area (Å²) >= 11 is 0. The Morgan fingerprint density at radius 1 is 1.05 bits per heavy atom. The molecule has 0 spiro atoms. The highest BCUT2D eigenvalue weighted by molar-refractivity contribution is 5.37. The molecule has 108 valence electrons. The van der Waals surface area contributed by atoms with Crippen LogP contribution in [0.1, 0.15) is 55.9 Å². The van der Waals surface area contributed by atoms with Gasteiger partial charge in [-0.15, -0.1) is 0 Å². The summed E-state index contributed by atoms with van der Waals surface area (Å²) in [5, 5.41) is 3.69. The van der Waals surface area contributed by atoms with Gasteiger partial charge in [0.2, 0.25) is 0 Å². The molecule has 0 fully saturated rings. The van der Waals surface area contributed by atoms with Crippen LogP contribution in [0.25, 0.3) is 0 Å². The second-order valence-corrected chi connectivity index (χ2v) is 6.22. The largest absolute Gasteiger partial charge is 0.314 e. The topological polar surface area (TPSA) is 12.0 Å². The first-order valence-corrected chi connectivity index (χ1v) is 7.75. The van der Waals surface area contributed by atoms with Gasteiger partial charge in [0, 0.05) is 6.04 Å². The molecule has 0 saturated heterocycles. The van der Waals surface area contributed by atoms with Crippen molar-refractivity contribution in [1.29, 1.82) is 0 Å². The lowest BCUT2D eigenvalue weighted by Gasteiger charge is -2.23. The van der Waals surface area contributed by atoms with Gasteiger partial charge in [-0.3, -0.25) is 0 Å². The van der Waals surface area contributed by atoms with E-state index in [2.05, 4.69) is 59.0 Å². The van der Waals surface area contributed by atoms with Crippen LogP contribution in [0.3, 0.4) is 0 Å². The van der Waals surface area contributed by atoms with Crippen molar-refractivity contribution in [1.82, 2.24) is 5.32 Å². The highest BCUT2D eigenvalue weighted by atomic mass is 14.9. The number of hydrogen-bond acceptors (Lipinski definition) is 1. The lowest BCUT2D eigenvalue weighted by atomic mass is 9.91. The van der Waals surface area contributed by atoms with E-state index in [1.807, 2.05) is 0 Å². The molecule has 1 aromatic rings. The Hall–Kier alpha value is -0.820. The molecule has 19 heavy (non-hydrogen) atoms. The minimum Gasteiger partial charge on any atom is -0.314 e. The van der Waals surface area contributed by atoms with Crippen LogP contribution in [-0.4, -0.2) is 12.6 Å². The molecule has 1 rings (SSSR count). The second kappa shape index (κ2) is 7.69. The first-order valence-electron chi connectivity index (χ1n) is 7.75. The Morgan fingerprint density at radius 2 is 1.63 bits per heavy atom. The maximum absolute atomic E-state index is 3.69. The Kier molecular flexibility index (Phi) is 6.57. The number of rotatable bonds is 7. The summed E-state index contributed by atoms with van der Waals surface area (Å²) in [5.41, 5.74) is 5.84. The van der Waals surface area contributed by atoms with E-state index in [1.54, 1.807) is 5.56 Å². The Balaban J connectivity index is 2.69. The molecule has 0 aliphatic heterocycles. The van der Waals surface area contributed by atoms with Gasteiger partial charge >= 0.3 is 0 Å². The van der Waals surface area contributed by atoms with E-state index in [-0.39, 0.29) is 0 Å². The molecule has 1 nitrogen and oxygen atoms in total. The van der Waals surface area contributed by atoms with Gasteiger partial charge in [-0.05, 0) is 69.2 Å². The molecular weight excluding hydrogens is 230 g/mol. The summed E-state index contributed by atoms with van der Waals surface area (Å²) in [7, 11) is 0. The Morgan fingerprint density at radius 3 is 2.11 bits per heavy atom. The molecule has 0 saturated carbocycles. The third-order valence-corrected chi connectivity index (χ3v) is 4.01. The second-order valence-electron chi connectivity index (χ2n) is 6.22. The van der Waals surface area contributed by atoms with Gasteiger partial charge in [0.05, 0.1) is 0 Å². The van der Waals surface area contributed by atoms with Crippen molar-refractivity contribution in [3.05, 3.63) is 34.4 Å². The Bertz CT molecular complexity index is 370. The summed E-state index contributed by atoms with van der Waals surface area (Å²) < 4.78 is 0. The van der Waals surface area contributed by atoms with Gasteiger partial charge in [-0.2, -0.15) is 0 Å². The molecule has 0 aliphatic rings. The van der Waals surface area contributed by atoms with E-state index in [0.29, 0.717) is 12.0 Å². The van der Waals surface area contributed by atoms with Gasteiger partial charge in [0.15, 0.2) is 0 Å². The lowest BCUT2D eigenvalue weighted by Crippen LogP contribution is -2.34. The van der Waals surface area contributed by atoms with Crippen molar-refractivity contribution < 1.29 is 0 Å². The summed E-state index contributed by atoms with van der Waals surface area (Å²) in [6, 6.07) is 5.26. The molecule has 0 bridgehead atoms. The van der Waals surface area contributed by atoms with E-state index in [4.69, 9.17) is 0 Å². The van der Waals surface area contributed by atoms with Crippen molar-refractivity contribution >= 4 is 0 Å². The zero-order valence-corrected chi connectivity index (χ0v) is 13.6. The molecule has 0 radical (unpaired) electrons. The van der Waals surface area contributed by atoms with Crippen LogP contribution in [0.15, 0.2) is 12.1 Å². The molecule has 0 amide bonds. The van der Waals surface area contributed by atoms with E-state index in [1.165, 1.54) is 36.0 Å². The van der Waals surface area contributed by atoms with E-state index in [0.717, 1.165) is 6.54 Å². The molecule has 1 unspecified atom stereocenters. The van der Waals surface area contributed by atoms with Gasteiger partial charge in [-0.25, -0.2) is 0 Å². The average Bonchev–Trinajstić information content (AvgIpc) is 2.31. The van der Waals surface area contributed by atoms with Crippen LogP contribution in [0, 0.1) is 26.7 Å². The van der Waals surface area contributed by atoms with Gasteiger partial charge in [0.25, 0.3) is 0 Å². The maximum Gasteiger partial charge on any atom is 0.00932 e. The zero-order chi connectivity index (χ0) is 14.4. The number of nitrogens with one attached hydrogen (secondary N) is 1. The predicted octanol–water partition coefficient (Wildman–Crippen LogP) is 4.57. The third kappa shape index (κ3) is 4.99. The third-order valence-electron chi connectivity index (χ3n) is 4.01. The molecule has 1 aromatic carbocycles. The minimum atomic E-state index is 0.639. The summed E-state index contributed by atoms with van der Waals surface area (Å²) in [6.07, 6.45) is 3.64. The van der Waals surface area contributed by atoms with Crippen molar-refractivity contribution in [2.24, 2.45) is 5.92 Å². The number of benzene rings is 1. The van der Waals surface area contributed by atoms with E-state index >= 15 is 0 Å². The van der Waals surface area contributed by atoms with Crippen LogP contribution >= 0.6 is 0 Å². The van der Waals surface area contributed by atoms with Crippen molar-refractivity contribution in [3.63, 3.8) is 0 Å². The quantitative estimate of drug-likeness (QED) is 0.758. The standard InChI is InChI=1S/C18H31N/c1-7-10-19-18(13(2)3)9-8-17-15(5)11-14(4)12-16(17)6/h11-13,18-19H,7-10H2,1-6H3.